The molecular formula is C26H22FN5OS. The number of hydrogen-bond acceptors (Lipinski definition) is 4. The molecule has 0 spiro atoms. The Morgan fingerprint density at radius 3 is 2.65 bits per heavy atom. The van der Waals surface area contributed by atoms with Gasteiger partial charge < -0.3 is 10.3 Å². The number of carbonyl (C=O) groups excluding carboxylic acids is 1. The summed E-state index contributed by atoms with van der Waals surface area (Å²) in [5, 5.41) is 13.3. The Bertz CT molecular complexity index is 1490. The van der Waals surface area contributed by atoms with Gasteiger partial charge >= 0.3 is 0 Å². The number of aromatic amines is 1. The SMILES string of the molecule is Cc1ccc(NC(=O)CSc2nnc(-c3c[nH]c4ccccc34)n2-c2ccc(F)cc2)c(C)c1. The summed E-state index contributed by atoms with van der Waals surface area (Å²) < 4.78 is 15.5. The topological polar surface area (TPSA) is 75.6 Å². The molecule has 34 heavy (non-hydrogen) atoms. The number of aromatic nitrogens is 4. The Kier molecular flexibility index (Phi) is 5.90. The number of hydrogen-bond donors (Lipinski definition) is 2. The molecule has 2 N–H and O–H groups in total. The first-order valence-corrected chi connectivity index (χ1v) is 11.8. The molecule has 0 unspecified atom stereocenters. The largest absolute Gasteiger partial charge is 0.360 e. The first-order valence-electron chi connectivity index (χ1n) is 10.8. The van der Waals surface area contributed by atoms with Gasteiger partial charge in [-0.25, -0.2) is 4.39 Å². The van der Waals surface area contributed by atoms with E-state index in [4.69, 9.17) is 0 Å². The number of amides is 1. The van der Waals surface area contributed by atoms with Crippen LogP contribution in [0.5, 0.6) is 0 Å². The van der Waals surface area contributed by atoms with Crippen molar-refractivity contribution in [3.05, 3.63) is 89.9 Å². The number of nitrogens with one attached hydrogen (secondary N) is 2. The summed E-state index contributed by atoms with van der Waals surface area (Å²) in [5.41, 5.74) is 5.50. The quantitative estimate of drug-likeness (QED) is 0.302. The highest BCUT2D eigenvalue weighted by molar-refractivity contribution is 7.99. The monoisotopic (exact) mass is 471 g/mol. The van der Waals surface area contributed by atoms with Crippen LogP contribution < -0.4 is 5.32 Å². The van der Waals surface area contributed by atoms with Gasteiger partial charge in [-0.15, -0.1) is 10.2 Å². The van der Waals surface area contributed by atoms with Crippen LogP contribution in [0.2, 0.25) is 0 Å². The summed E-state index contributed by atoms with van der Waals surface area (Å²) in [6, 6.07) is 20.0. The number of halogens is 1. The lowest BCUT2D eigenvalue weighted by molar-refractivity contribution is -0.113. The van der Waals surface area contributed by atoms with E-state index in [1.165, 1.54) is 23.9 Å². The Hall–Kier alpha value is -3.91. The molecule has 2 aromatic heterocycles. The first-order chi connectivity index (χ1) is 16.5. The lowest BCUT2D eigenvalue weighted by Gasteiger charge is -2.11. The van der Waals surface area contributed by atoms with Gasteiger partial charge in [-0.3, -0.25) is 9.36 Å². The van der Waals surface area contributed by atoms with Crippen LogP contribution in [0.4, 0.5) is 10.1 Å². The summed E-state index contributed by atoms with van der Waals surface area (Å²) in [4.78, 5) is 15.9. The summed E-state index contributed by atoms with van der Waals surface area (Å²) in [6.45, 7) is 3.98. The molecule has 3 aromatic carbocycles. The first kappa shape index (κ1) is 21.9. The zero-order valence-electron chi connectivity index (χ0n) is 18.7. The van der Waals surface area contributed by atoms with E-state index in [-0.39, 0.29) is 17.5 Å². The van der Waals surface area contributed by atoms with Gasteiger partial charge in [0.25, 0.3) is 0 Å². The predicted molar refractivity (Wildman–Crippen MR) is 134 cm³/mol. The fourth-order valence-corrected chi connectivity index (χ4v) is 4.64. The van der Waals surface area contributed by atoms with E-state index in [0.717, 1.165) is 33.3 Å². The molecule has 0 fully saturated rings. The lowest BCUT2D eigenvalue weighted by atomic mass is 10.1. The summed E-state index contributed by atoms with van der Waals surface area (Å²) in [5.74, 6) is 0.300. The van der Waals surface area contributed by atoms with Gasteiger partial charge in [-0.1, -0.05) is 47.7 Å². The summed E-state index contributed by atoms with van der Waals surface area (Å²) in [7, 11) is 0. The normalized spacial score (nSPS) is 11.1. The molecule has 5 aromatic rings. The third-order valence-electron chi connectivity index (χ3n) is 5.54. The van der Waals surface area contributed by atoms with Crippen molar-refractivity contribution in [2.75, 3.05) is 11.1 Å². The lowest BCUT2D eigenvalue weighted by Crippen LogP contribution is -2.15. The number of fused-ring (bicyclic) bond motifs is 1. The van der Waals surface area contributed by atoms with Crippen molar-refractivity contribution in [1.29, 1.82) is 0 Å². The number of H-pyrrole nitrogens is 1. The molecule has 170 valence electrons. The molecule has 0 aliphatic rings. The average molecular weight is 472 g/mol. The molecule has 8 heteroatoms. The molecule has 0 saturated carbocycles. The van der Waals surface area contributed by atoms with Crippen molar-refractivity contribution in [2.45, 2.75) is 19.0 Å². The molecule has 0 saturated heterocycles. The second kappa shape index (κ2) is 9.15. The number of nitrogens with zero attached hydrogens (tertiary/aromatic N) is 3. The Balaban J connectivity index is 1.46. The second-order valence-corrected chi connectivity index (χ2v) is 8.96. The van der Waals surface area contributed by atoms with Crippen LogP contribution in [-0.2, 0) is 4.79 Å². The smallest absolute Gasteiger partial charge is 0.234 e. The predicted octanol–water partition coefficient (Wildman–Crippen LogP) is 5.90. The van der Waals surface area contributed by atoms with E-state index < -0.39 is 0 Å². The van der Waals surface area contributed by atoms with Crippen molar-refractivity contribution in [1.82, 2.24) is 19.7 Å². The van der Waals surface area contributed by atoms with E-state index in [2.05, 4.69) is 20.5 Å². The van der Waals surface area contributed by atoms with Gasteiger partial charge in [0.2, 0.25) is 5.91 Å². The van der Waals surface area contributed by atoms with Crippen LogP contribution in [0.1, 0.15) is 11.1 Å². The minimum atomic E-state index is -0.326. The maximum atomic E-state index is 13.6. The summed E-state index contributed by atoms with van der Waals surface area (Å²) >= 11 is 1.28. The molecule has 0 atom stereocenters. The van der Waals surface area contributed by atoms with E-state index in [9.17, 15) is 9.18 Å². The molecule has 0 aliphatic heterocycles. The Morgan fingerprint density at radius 2 is 1.85 bits per heavy atom. The van der Waals surface area contributed by atoms with Crippen LogP contribution >= 0.6 is 11.8 Å². The maximum Gasteiger partial charge on any atom is 0.234 e. The van der Waals surface area contributed by atoms with E-state index >= 15 is 0 Å². The molecule has 6 nitrogen and oxygen atoms in total. The number of aryl methyl sites for hydroxylation is 2. The highest BCUT2D eigenvalue weighted by Gasteiger charge is 2.20. The fraction of sp³-hybridized carbons (Fsp3) is 0.115. The number of thioether (sulfide) groups is 1. The van der Waals surface area contributed by atoms with E-state index in [1.807, 2.05) is 67.1 Å². The van der Waals surface area contributed by atoms with Gasteiger partial charge in [-0.2, -0.15) is 0 Å². The number of carbonyl (C=O) groups is 1. The van der Waals surface area contributed by atoms with Crippen LogP contribution in [0, 0.1) is 19.7 Å². The fourth-order valence-electron chi connectivity index (χ4n) is 3.89. The van der Waals surface area contributed by atoms with Crippen LogP contribution in [0.3, 0.4) is 0 Å². The molecule has 0 aliphatic carbocycles. The van der Waals surface area contributed by atoms with E-state index in [1.54, 1.807) is 12.1 Å². The molecule has 1 amide bonds. The van der Waals surface area contributed by atoms with Gasteiger partial charge in [-0.05, 0) is 55.8 Å². The van der Waals surface area contributed by atoms with Gasteiger partial charge in [0.1, 0.15) is 5.82 Å². The minimum absolute atomic E-state index is 0.140. The highest BCUT2D eigenvalue weighted by atomic mass is 32.2. The highest BCUT2D eigenvalue weighted by Crippen LogP contribution is 2.32. The van der Waals surface area contributed by atoms with Crippen LogP contribution in [0.15, 0.2) is 78.1 Å². The van der Waals surface area contributed by atoms with Crippen molar-refractivity contribution in [3.63, 3.8) is 0 Å². The Morgan fingerprint density at radius 1 is 1.06 bits per heavy atom. The molecule has 0 radical (unpaired) electrons. The molecular weight excluding hydrogens is 449 g/mol. The standard InChI is InChI=1S/C26H22FN5OS/c1-16-7-12-22(17(2)13-16)29-24(33)15-34-26-31-30-25(32(26)19-10-8-18(27)9-11-19)21-14-28-23-6-4-3-5-20(21)23/h3-14,28H,15H2,1-2H3,(H,29,33). The number of benzene rings is 3. The van der Waals surface area contributed by atoms with E-state index in [0.29, 0.717) is 16.7 Å². The van der Waals surface area contributed by atoms with Crippen LogP contribution in [-0.4, -0.2) is 31.4 Å². The van der Waals surface area contributed by atoms with Crippen molar-refractivity contribution in [2.24, 2.45) is 0 Å². The van der Waals surface area contributed by atoms with Crippen LogP contribution in [0.25, 0.3) is 28.0 Å². The van der Waals surface area contributed by atoms with Crippen molar-refractivity contribution < 1.29 is 9.18 Å². The Labute approximate surface area is 200 Å². The van der Waals surface area contributed by atoms with Gasteiger partial charge in [0.15, 0.2) is 11.0 Å². The maximum absolute atomic E-state index is 13.6. The third kappa shape index (κ3) is 4.32. The molecule has 0 bridgehead atoms. The van der Waals surface area contributed by atoms with Crippen molar-refractivity contribution in [3.8, 4) is 17.1 Å². The second-order valence-electron chi connectivity index (χ2n) is 8.02. The number of para-hydroxylation sites is 1. The molecule has 5 rings (SSSR count). The number of rotatable bonds is 6. The third-order valence-corrected chi connectivity index (χ3v) is 6.47. The minimum Gasteiger partial charge on any atom is -0.360 e. The van der Waals surface area contributed by atoms with Gasteiger partial charge in [0.05, 0.1) is 5.75 Å². The number of anilines is 1. The molecule has 2 heterocycles. The zero-order valence-corrected chi connectivity index (χ0v) is 19.5. The zero-order chi connectivity index (χ0) is 23.7. The summed E-state index contributed by atoms with van der Waals surface area (Å²) in [6.07, 6.45) is 1.88. The van der Waals surface area contributed by atoms with Crippen molar-refractivity contribution >= 4 is 34.3 Å². The average Bonchev–Trinajstić information content (AvgIpc) is 3.44. The van der Waals surface area contributed by atoms with Gasteiger partial charge in [0, 0.05) is 34.0 Å².